The average Bonchev–Trinajstić information content (AvgIpc) is 3.45. The fourth-order valence-electron chi connectivity index (χ4n) is 6.78. The van der Waals surface area contributed by atoms with Gasteiger partial charge in [-0.25, -0.2) is 0 Å². The molecular formula is C37H62O3S2. The first-order valence-electron chi connectivity index (χ1n) is 17.3. The largest absolute Gasteiger partial charge is 0.487 e. The monoisotopic (exact) mass is 618 g/mol. The van der Waals surface area contributed by atoms with E-state index in [0.29, 0.717) is 6.42 Å². The SMILES string of the molecule is Cc1c(C)c2c(c(C)c1OC(=O)CCCC[C@@H]1CCSS1)CC[C@@](C)(CCCC(C)CCCC(C)CCCC(C)C)O2. The molecule has 3 nitrogen and oxygen atoms in total. The molecule has 1 saturated heterocycles. The van der Waals surface area contributed by atoms with Gasteiger partial charge >= 0.3 is 5.97 Å². The Morgan fingerprint density at radius 1 is 0.905 bits per heavy atom. The van der Waals surface area contributed by atoms with Gasteiger partial charge in [0.1, 0.15) is 17.1 Å². The van der Waals surface area contributed by atoms with Crippen LogP contribution in [-0.2, 0) is 11.2 Å². The molecule has 1 aromatic rings. The maximum Gasteiger partial charge on any atom is 0.311 e. The summed E-state index contributed by atoms with van der Waals surface area (Å²) in [4.78, 5) is 12.8. The third kappa shape index (κ3) is 11.3. The maximum atomic E-state index is 12.8. The number of rotatable bonds is 18. The van der Waals surface area contributed by atoms with Gasteiger partial charge in [0.25, 0.3) is 0 Å². The smallest absolute Gasteiger partial charge is 0.311 e. The molecule has 2 aliphatic heterocycles. The quantitative estimate of drug-likeness (QED) is 0.0708. The lowest BCUT2D eigenvalue weighted by Crippen LogP contribution is -2.37. The standard InChI is InChI=1S/C37H62O3S2/c1-26(2)14-11-15-27(3)16-12-17-28(4)18-13-23-37(8)24-21-33-31(7)35(29(5)30(6)36(33)40-37)39-34(38)20-10-9-19-32-22-25-41-42-32/h26-28,32H,9-25H2,1-8H3/t27?,28?,32-,37-/m1/s1. The molecule has 5 heteroatoms. The molecule has 1 fully saturated rings. The van der Waals surface area contributed by atoms with Crippen LogP contribution in [0.3, 0.4) is 0 Å². The highest BCUT2D eigenvalue weighted by Crippen LogP contribution is 2.45. The second kappa shape index (κ2) is 17.6. The van der Waals surface area contributed by atoms with Crippen LogP contribution < -0.4 is 9.47 Å². The molecule has 0 saturated carbocycles. The molecule has 240 valence electrons. The number of benzene rings is 1. The van der Waals surface area contributed by atoms with Crippen molar-refractivity contribution < 1.29 is 14.3 Å². The number of fused-ring (bicyclic) bond motifs is 1. The van der Waals surface area contributed by atoms with Crippen molar-refractivity contribution in [2.75, 3.05) is 5.75 Å². The van der Waals surface area contributed by atoms with Crippen LogP contribution in [0.15, 0.2) is 0 Å². The second-order valence-electron chi connectivity index (χ2n) is 14.5. The lowest BCUT2D eigenvalue weighted by molar-refractivity contribution is -0.134. The molecule has 42 heavy (non-hydrogen) atoms. The number of hydrogen-bond acceptors (Lipinski definition) is 5. The molecule has 0 aliphatic carbocycles. The van der Waals surface area contributed by atoms with E-state index >= 15 is 0 Å². The summed E-state index contributed by atoms with van der Waals surface area (Å²) in [5.74, 6) is 5.49. The first-order valence-corrected chi connectivity index (χ1v) is 19.7. The molecule has 2 aliphatic rings. The number of ether oxygens (including phenoxy) is 2. The number of hydrogen-bond donors (Lipinski definition) is 0. The van der Waals surface area contributed by atoms with Gasteiger partial charge in [0.2, 0.25) is 0 Å². The van der Waals surface area contributed by atoms with Gasteiger partial charge in [0, 0.05) is 23.0 Å². The topological polar surface area (TPSA) is 35.5 Å². The van der Waals surface area contributed by atoms with Crippen LogP contribution in [0.25, 0.3) is 0 Å². The summed E-state index contributed by atoms with van der Waals surface area (Å²) >= 11 is 0. The lowest BCUT2D eigenvalue weighted by atomic mass is 9.83. The Hall–Kier alpha value is -0.810. The Bertz CT molecular complexity index is 984. The second-order valence-corrected chi connectivity index (χ2v) is 17.3. The van der Waals surface area contributed by atoms with Crippen LogP contribution in [0.2, 0.25) is 0 Å². The third-order valence-electron chi connectivity index (χ3n) is 9.94. The van der Waals surface area contributed by atoms with E-state index in [9.17, 15) is 4.79 Å². The highest BCUT2D eigenvalue weighted by molar-refractivity contribution is 8.77. The van der Waals surface area contributed by atoms with E-state index in [-0.39, 0.29) is 11.6 Å². The van der Waals surface area contributed by atoms with Crippen LogP contribution in [0.4, 0.5) is 0 Å². The minimum absolute atomic E-state index is 0.0923. The summed E-state index contributed by atoms with van der Waals surface area (Å²) in [6.45, 7) is 18.2. The van der Waals surface area contributed by atoms with Gasteiger partial charge in [-0.2, -0.15) is 0 Å². The predicted molar refractivity (Wildman–Crippen MR) is 185 cm³/mol. The molecule has 0 radical (unpaired) electrons. The molecule has 4 atom stereocenters. The van der Waals surface area contributed by atoms with Crippen molar-refractivity contribution in [1.29, 1.82) is 0 Å². The Balaban J connectivity index is 1.44. The average molecular weight is 619 g/mol. The van der Waals surface area contributed by atoms with Crippen molar-refractivity contribution in [3.8, 4) is 11.5 Å². The summed E-state index contributed by atoms with van der Waals surface area (Å²) in [5, 5.41) is 0.774. The zero-order valence-corrected chi connectivity index (χ0v) is 30.0. The predicted octanol–water partition coefficient (Wildman–Crippen LogP) is 11.8. The van der Waals surface area contributed by atoms with Gasteiger partial charge in [0.15, 0.2) is 0 Å². The Labute approximate surface area is 267 Å². The highest BCUT2D eigenvalue weighted by atomic mass is 33.1. The summed E-state index contributed by atoms with van der Waals surface area (Å²) in [7, 11) is 4.01. The number of esters is 1. The van der Waals surface area contributed by atoms with Crippen molar-refractivity contribution in [1.82, 2.24) is 0 Å². The first kappa shape index (κ1) is 35.7. The number of carbonyl (C=O) groups excluding carboxylic acids is 1. The van der Waals surface area contributed by atoms with Crippen LogP contribution >= 0.6 is 21.6 Å². The van der Waals surface area contributed by atoms with E-state index < -0.39 is 0 Å². The number of carbonyl (C=O) groups is 1. The summed E-state index contributed by atoms with van der Waals surface area (Å²) in [6, 6.07) is 0. The number of unbranched alkanes of at least 4 members (excludes halogenated alkanes) is 1. The van der Waals surface area contributed by atoms with Gasteiger partial charge in [-0.3, -0.25) is 4.79 Å². The fraction of sp³-hybridized carbons (Fsp3) is 0.811. The Kier molecular flexibility index (Phi) is 15.0. The van der Waals surface area contributed by atoms with E-state index in [1.807, 2.05) is 21.6 Å². The first-order chi connectivity index (χ1) is 20.0. The van der Waals surface area contributed by atoms with Gasteiger partial charge in [-0.05, 0) is 107 Å². The summed E-state index contributed by atoms with van der Waals surface area (Å²) < 4.78 is 12.8. The highest BCUT2D eigenvalue weighted by Gasteiger charge is 2.35. The van der Waals surface area contributed by atoms with Crippen molar-refractivity contribution in [2.24, 2.45) is 17.8 Å². The van der Waals surface area contributed by atoms with Gasteiger partial charge in [-0.1, -0.05) is 101 Å². The van der Waals surface area contributed by atoms with Crippen LogP contribution in [0.1, 0.15) is 153 Å². The molecule has 0 N–H and O–H groups in total. The van der Waals surface area contributed by atoms with Crippen LogP contribution in [0, 0.1) is 38.5 Å². The van der Waals surface area contributed by atoms with Crippen LogP contribution in [0.5, 0.6) is 11.5 Å². The molecule has 2 unspecified atom stereocenters. The molecule has 0 aromatic heterocycles. The molecular weight excluding hydrogens is 557 g/mol. The minimum atomic E-state index is -0.115. The van der Waals surface area contributed by atoms with E-state index in [4.69, 9.17) is 9.47 Å². The Morgan fingerprint density at radius 2 is 1.57 bits per heavy atom. The van der Waals surface area contributed by atoms with Crippen molar-refractivity contribution >= 4 is 27.6 Å². The van der Waals surface area contributed by atoms with E-state index in [1.165, 1.54) is 75.5 Å². The molecule has 0 spiro atoms. The van der Waals surface area contributed by atoms with Crippen molar-refractivity contribution in [2.45, 2.75) is 169 Å². The van der Waals surface area contributed by atoms with Gasteiger partial charge in [-0.15, -0.1) is 0 Å². The van der Waals surface area contributed by atoms with Crippen molar-refractivity contribution in [3.05, 3.63) is 22.3 Å². The third-order valence-corrected chi connectivity index (χ3v) is 12.9. The van der Waals surface area contributed by atoms with Gasteiger partial charge in [0.05, 0.1) is 0 Å². The summed E-state index contributed by atoms with van der Waals surface area (Å²) in [5.41, 5.74) is 4.40. The van der Waals surface area contributed by atoms with Crippen molar-refractivity contribution in [3.63, 3.8) is 0 Å². The maximum absolute atomic E-state index is 12.8. The molecule has 1 aromatic carbocycles. The lowest BCUT2D eigenvalue weighted by Gasteiger charge is -2.38. The zero-order valence-electron chi connectivity index (χ0n) is 28.4. The molecule has 2 heterocycles. The summed E-state index contributed by atoms with van der Waals surface area (Å²) in [6.07, 6.45) is 19.0. The minimum Gasteiger partial charge on any atom is -0.487 e. The normalized spacial score (nSPS) is 21.7. The van der Waals surface area contributed by atoms with E-state index in [1.54, 1.807) is 0 Å². The molecule has 0 bridgehead atoms. The Morgan fingerprint density at radius 3 is 2.21 bits per heavy atom. The van der Waals surface area contributed by atoms with E-state index in [2.05, 4.69) is 55.4 Å². The molecule has 3 rings (SSSR count). The fourth-order valence-corrected chi connectivity index (χ4v) is 9.81. The van der Waals surface area contributed by atoms with Crippen LogP contribution in [-0.4, -0.2) is 22.6 Å². The van der Waals surface area contributed by atoms with E-state index in [0.717, 1.165) is 83.3 Å². The van der Waals surface area contributed by atoms with Gasteiger partial charge < -0.3 is 9.47 Å². The zero-order chi connectivity index (χ0) is 30.7. The molecule has 0 amide bonds.